The Morgan fingerprint density at radius 1 is 0.952 bits per heavy atom. The molecular weight excluding hydrogens is 281 g/mol. The van der Waals surface area contributed by atoms with Gasteiger partial charge in [0, 0.05) is 5.56 Å². The molecule has 3 rings (SSSR count). The van der Waals surface area contributed by atoms with Gasteiger partial charge in [0.05, 0.1) is 16.9 Å². The normalized spacial score (nSPS) is 16.0. The van der Waals surface area contributed by atoms with Gasteiger partial charge in [-0.05, 0) is 18.2 Å². The molecule has 6 heteroatoms. The van der Waals surface area contributed by atoms with Gasteiger partial charge in [-0.25, -0.2) is 4.99 Å². The molecule has 1 aliphatic heterocycles. The van der Waals surface area contributed by atoms with Gasteiger partial charge in [0.15, 0.2) is 0 Å². The summed E-state index contributed by atoms with van der Waals surface area (Å²) < 4.78 is 38.8. The smallest absolute Gasteiger partial charge is 0.320 e. The summed E-state index contributed by atoms with van der Waals surface area (Å²) in [5.74, 6) is -0.506. The van der Waals surface area contributed by atoms with Gasteiger partial charge in [0.2, 0.25) is 0 Å². The summed E-state index contributed by atoms with van der Waals surface area (Å²) >= 11 is 0. The van der Waals surface area contributed by atoms with E-state index in [1.165, 1.54) is 18.2 Å². The molecule has 0 radical (unpaired) electrons. The Balaban J connectivity index is 2.14. The molecule has 1 amide bonds. The van der Waals surface area contributed by atoms with Gasteiger partial charge in [-0.15, -0.1) is 0 Å². The van der Waals surface area contributed by atoms with Crippen LogP contribution in [0.25, 0.3) is 0 Å². The van der Waals surface area contributed by atoms with Crippen molar-refractivity contribution >= 4 is 23.0 Å². The lowest BCUT2D eigenvalue weighted by Gasteiger charge is -2.09. The molecule has 1 heterocycles. The van der Waals surface area contributed by atoms with Crippen molar-refractivity contribution in [3.8, 4) is 0 Å². The number of amides is 1. The highest BCUT2D eigenvalue weighted by Gasteiger charge is 2.34. The summed E-state index contributed by atoms with van der Waals surface area (Å²) in [6.45, 7) is 0. The monoisotopic (exact) mass is 290 g/mol. The molecule has 1 N–H and O–H groups in total. The van der Waals surface area contributed by atoms with Crippen molar-refractivity contribution in [2.24, 2.45) is 4.99 Å². The zero-order chi connectivity index (χ0) is 15.0. The van der Waals surface area contributed by atoms with Crippen LogP contribution in [0.2, 0.25) is 0 Å². The van der Waals surface area contributed by atoms with E-state index >= 15 is 0 Å². The van der Waals surface area contributed by atoms with Crippen LogP contribution >= 0.6 is 0 Å². The minimum atomic E-state index is -4.52. The third-order valence-corrected chi connectivity index (χ3v) is 3.09. The lowest BCUT2D eigenvalue weighted by Crippen LogP contribution is -2.14. The molecular formula is C15H9F3N2O. The van der Waals surface area contributed by atoms with Crippen LogP contribution in [0, 0.1) is 0 Å². The van der Waals surface area contributed by atoms with Crippen molar-refractivity contribution in [1.82, 2.24) is 0 Å². The number of aliphatic imine (C=N–C) groups is 1. The van der Waals surface area contributed by atoms with Crippen molar-refractivity contribution in [2.45, 2.75) is 6.18 Å². The average molecular weight is 290 g/mol. The summed E-state index contributed by atoms with van der Waals surface area (Å²) in [6, 6.07) is 11.7. The van der Waals surface area contributed by atoms with E-state index in [2.05, 4.69) is 10.3 Å². The second-order valence-electron chi connectivity index (χ2n) is 4.48. The second kappa shape index (κ2) is 4.73. The van der Waals surface area contributed by atoms with Crippen LogP contribution in [-0.2, 0) is 11.0 Å². The fourth-order valence-corrected chi connectivity index (χ4v) is 2.14. The number of carbonyl (C=O) groups is 1. The molecule has 0 atom stereocenters. The Hall–Kier alpha value is -2.63. The minimum absolute atomic E-state index is 0.0118. The number of hydrogen-bond donors (Lipinski definition) is 1. The largest absolute Gasteiger partial charge is 0.418 e. The number of fused-ring (bicyclic) bond motifs is 1. The lowest BCUT2D eigenvalue weighted by atomic mass is 10.1. The Morgan fingerprint density at radius 3 is 2.38 bits per heavy atom. The molecule has 21 heavy (non-hydrogen) atoms. The average Bonchev–Trinajstić information content (AvgIpc) is 2.75. The van der Waals surface area contributed by atoms with Gasteiger partial charge in [0.25, 0.3) is 5.91 Å². The predicted molar refractivity (Wildman–Crippen MR) is 72.7 cm³/mol. The van der Waals surface area contributed by atoms with Gasteiger partial charge in [-0.3, -0.25) is 4.79 Å². The van der Waals surface area contributed by atoms with Gasteiger partial charge in [-0.2, -0.15) is 13.2 Å². The molecule has 0 unspecified atom stereocenters. The predicted octanol–water partition coefficient (Wildman–Crippen LogP) is 3.78. The van der Waals surface area contributed by atoms with Crippen molar-refractivity contribution < 1.29 is 18.0 Å². The molecule has 0 saturated carbocycles. The highest BCUT2D eigenvalue weighted by atomic mass is 19.4. The first-order valence-corrected chi connectivity index (χ1v) is 6.12. The zero-order valence-electron chi connectivity index (χ0n) is 10.6. The maximum absolute atomic E-state index is 12.9. The van der Waals surface area contributed by atoms with E-state index in [9.17, 15) is 18.0 Å². The number of rotatable bonds is 1. The summed E-state index contributed by atoms with van der Waals surface area (Å²) in [5, 5.41) is 2.57. The summed E-state index contributed by atoms with van der Waals surface area (Å²) in [5.41, 5.74) is -0.103. The molecule has 0 aliphatic carbocycles. The molecule has 2 aromatic rings. The summed E-state index contributed by atoms with van der Waals surface area (Å²) in [6.07, 6.45) is -4.52. The molecule has 3 nitrogen and oxygen atoms in total. The number of carbonyl (C=O) groups excluding carboxylic acids is 1. The van der Waals surface area contributed by atoms with Crippen LogP contribution in [0.5, 0.6) is 0 Å². The number of nitrogens with one attached hydrogen (secondary N) is 1. The van der Waals surface area contributed by atoms with Crippen LogP contribution in [0.15, 0.2) is 53.5 Å². The van der Waals surface area contributed by atoms with Gasteiger partial charge in [-0.1, -0.05) is 30.3 Å². The Kier molecular flexibility index (Phi) is 3.01. The highest BCUT2D eigenvalue weighted by molar-refractivity contribution is 6.54. The van der Waals surface area contributed by atoms with E-state index in [0.29, 0.717) is 11.3 Å². The van der Waals surface area contributed by atoms with Crippen LogP contribution in [-0.4, -0.2) is 11.6 Å². The standard InChI is InChI=1S/C15H9F3N2O/c16-15(17,18)10-6-2-4-8-12(10)19-13-9-5-1-3-7-11(9)20-14(13)21/h1-8H,(H,19,20,21). The number of benzene rings is 2. The van der Waals surface area contributed by atoms with Crippen LogP contribution in [0.1, 0.15) is 11.1 Å². The number of anilines is 1. The molecule has 2 aromatic carbocycles. The SMILES string of the molecule is O=C1Nc2ccccc2C1=Nc1ccccc1C(F)(F)F. The number of para-hydroxylation sites is 2. The fourth-order valence-electron chi connectivity index (χ4n) is 2.14. The quantitative estimate of drug-likeness (QED) is 0.853. The van der Waals surface area contributed by atoms with Gasteiger partial charge in [0.1, 0.15) is 5.71 Å². The Morgan fingerprint density at radius 2 is 1.62 bits per heavy atom. The maximum Gasteiger partial charge on any atom is 0.418 e. The first-order valence-electron chi connectivity index (χ1n) is 6.12. The zero-order valence-corrected chi connectivity index (χ0v) is 10.6. The van der Waals surface area contributed by atoms with E-state index in [4.69, 9.17) is 0 Å². The van der Waals surface area contributed by atoms with E-state index in [0.717, 1.165) is 6.07 Å². The third kappa shape index (κ3) is 2.40. The number of alkyl halides is 3. The van der Waals surface area contributed by atoms with E-state index in [-0.39, 0.29) is 11.4 Å². The molecule has 0 aromatic heterocycles. The number of hydrogen-bond acceptors (Lipinski definition) is 2. The van der Waals surface area contributed by atoms with Crippen LogP contribution < -0.4 is 5.32 Å². The van der Waals surface area contributed by atoms with Gasteiger partial charge >= 0.3 is 6.18 Å². The summed E-state index contributed by atoms with van der Waals surface area (Å²) in [7, 11) is 0. The second-order valence-corrected chi connectivity index (χ2v) is 4.48. The Bertz CT molecular complexity index is 751. The van der Waals surface area contributed by atoms with Crippen molar-refractivity contribution in [1.29, 1.82) is 0 Å². The Labute approximate surface area is 118 Å². The fraction of sp³-hybridized carbons (Fsp3) is 0.0667. The first kappa shape index (κ1) is 13.4. The van der Waals surface area contributed by atoms with Crippen molar-refractivity contribution in [3.05, 3.63) is 59.7 Å². The lowest BCUT2D eigenvalue weighted by molar-refractivity contribution is -0.137. The van der Waals surface area contributed by atoms with E-state index < -0.39 is 17.6 Å². The first-order chi connectivity index (χ1) is 9.97. The third-order valence-electron chi connectivity index (χ3n) is 3.09. The number of halogens is 3. The minimum Gasteiger partial charge on any atom is -0.320 e. The molecule has 0 bridgehead atoms. The molecule has 0 fully saturated rings. The van der Waals surface area contributed by atoms with Gasteiger partial charge < -0.3 is 5.32 Å². The van der Waals surface area contributed by atoms with E-state index in [1.807, 2.05) is 0 Å². The highest BCUT2D eigenvalue weighted by Crippen LogP contribution is 2.37. The molecule has 106 valence electrons. The molecule has 0 saturated heterocycles. The number of nitrogens with zero attached hydrogens (tertiary/aromatic N) is 1. The molecule has 1 aliphatic rings. The van der Waals surface area contributed by atoms with Crippen LogP contribution in [0.4, 0.5) is 24.5 Å². The maximum atomic E-state index is 12.9. The van der Waals surface area contributed by atoms with Crippen molar-refractivity contribution in [3.63, 3.8) is 0 Å². The van der Waals surface area contributed by atoms with Crippen molar-refractivity contribution in [2.75, 3.05) is 5.32 Å². The topological polar surface area (TPSA) is 41.5 Å². The van der Waals surface area contributed by atoms with E-state index in [1.54, 1.807) is 24.3 Å². The van der Waals surface area contributed by atoms with Crippen LogP contribution in [0.3, 0.4) is 0 Å². The molecule has 0 spiro atoms. The summed E-state index contributed by atoms with van der Waals surface area (Å²) in [4.78, 5) is 15.8.